The normalized spacial score (nSPS) is 23.3. The topological polar surface area (TPSA) is 44.1 Å². The van der Waals surface area contributed by atoms with E-state index in [9.17, 15) is 4.79 Å². The van der Waals surface area contributed by atoms with E-state index in [2.05, 4.69) is 6.07 Å². The van der Waals surface area contributed by atoms with Crippen LogP contribution in [0.4, 0.5) is 0 Å². The lowest BCUT2D eigenvalue weighted by Gasteiger charge is -2.32. The molecule has 0 radical (unpaired) electrons. The minimum absolute atomic E-state index is 0.178. The molecular formula is C12H18N2O. The first-order chi connectivity index (χ1) is 7.29. The first-order valence-electron chi connectivity index (χ1n) is 5.97. The molecule has 0 atom stereocenters. The summed E-state index contributed by atoms with van der Waals surface area (Å²) < 4.78 is 0. The maximum absolute atomic E-state index is 11.8. The van der Waals surface area contributed by atoms with Crippen LogP contribution in [0.25, 0.3) is 0 Å². The largest absolute Gasteiger partial charge is 0.343 e. The second kappa shape index (κ2) is 4.65. The van der Waals surface area contributed by atoms with E-state index in [-0.39, 0.29) is 5.92 Å². The van der Waals surface area contributed by atoms with Crippen molar-refractivity contribution in [2.24, 2.45) is 11.8 Å². The zero-order chi connectivity index (χ0) is 10.7. The number of amides is 1. The Bertz CT molecular complexity index is 270. The zero-order valence-electron chi connectivity index (χ0n) is 9.11. The van der Waals surface area contributed by atoms with Crippen LogP contribution in [0, 0.1) is 23.2 Å². The maximum Gasteiger partial charge on any atom is 0.222 e. The molecule has 1 heterocycles. The quantitative estimate of drug-likeness (QED) is 0.693. The van der Waals surface area contributed by atoms with Crippen LogP contribution in [0.3, 0.4) is 0 Å². The van der Waals surface area contributed by atoms with Gasteiger partial charge in [-0.2, -0.15) is 5.26 Å². The molecule has 0 aromatic carbocycles. The molecular weight excluding hydrogens is 188 g/mol. The van der Waals surface area contributed by atoms with Gasteiger partial charge >= 0.3 is 0 Å². The highest BCUT2D eigenvalue weighted by molar-refractivity contribution is 5.76. The Morgan fingerprint density at radius 1 is 1.27 bits per heavy atom. The van der Waals surface area contributed by atoms with Crippen LogP contribution < -0.4 is 0 Å². The van der Waals surface area contributed by atoms with Crippen molar-refractivity contribution in [2.75, 3.05) is 13.1 Å². The van der Waals surface area contributed by atoms with E-state index in [1.54, 1.807) is 0 Å². The Balaban J connectivity index is 1.74. The number of rotatable bonds is 2. The lowest BCUT2D eigenvalue weighted by Crippen LogP contribution is -2.39. The molecule has 2 fully saturated rings. The van der Waals surface area contributed by atoms with Crippen molar-refractivity contribution in [2.45, 2.75) is 38.5 Å². The first kappa shape index (κ1) is 10.5. The first-order valence-corrected chi connectivity index (χ1v) is 5.97. The third-order valence-electron chi connectivity index (χ3n) is 3.72. The smallest absolute Gasteiger partial charge is 0.222 e. The van der Waals surface area contributed by atoms with Gasteiger partial charge in [-0.1, -0.05) is 6.42 Å². The van der Waals surface area contributed by atoms with Crippen molar-refractivity contribution >= 4 is 5.91 Å². The third kappa shape index (κ3) is 2.50. The summed E-state index contributed by atoms with van der Waals surface area (Å²) in [4.78, 5) is 13.8. The van der Waals surface area contributed by atoms with Gasteiger partial charge in [0, 0.05) is 25.4 Å². The molecule has 0 aromatic rings. The van der Waals surface area contributed by atoms with Crippen LogP contribution in [0.5, 0.6) is 0 Å². The highest BCUT2D eigenvalue weighted by atomic mass is 16.2. The molecule has 82 valence electrons. The second-order valence-corrected chi connectivity index (χ2v) is 4.79. The molecule has 2 aliphatic rings. The van der Waals surface area contributed by atoms with Crippen LogP contribution in [0.15, 0.2) is 0 Å². The van der Waals surface area contributed by atoms with Gasteiger partial charge < -0.3 is 4.90 Å². The Kier molecular flexibility index (Phi) is 3.25. The summed E-state index contributed by atoms with van der Waals surface area (Å²) in [5, 5.41) is 8.76. The van der Waals surface area contributed by atoms with E-state index in [1.165, 1.54) is 19.3 Å². The molecule has 1 aliphatic carbocycles. The molecule has 2 rings (SSSR count). The predicted molar refractivity (Wildman–Crippen MR) is 56.9 cm³/mol. The van der Waals surface area contributed by atoms with Crippen LogP contribution >= 0.6 is 0 Å². The highest BCUT2D eigenvalue weighted by Gasteiger charge is 2.26. The van der Waals surface area contributed by atoms with Crippen LogP contribution in [0.1, 0.15) is 38.5 Å². The number of hydrogen-bond acceptors (Lipinski definition) is 2. The van der Waals surface area contributed by atoms with Crippen LogP contribution in [-0.4, -0.2) is 23.9 Å². The lowest BCUT2D eigenvalue weighted by atomic mass is 9.82. The average Bonchev–Trinajstić information content (AvgIpc) is 2.23. The number of hydrogen-bond donors (Lipinski definition) is 0. The Hall–Kier alpha value is -1.04. The summed E-state index contributed by atoms with van der Waals surface area (Å²) in [6, 6.07) is 2.29. The van der Waals surface area contributed by atoms with Crippen molar-refractivity contribution in [3.63, 3.8) is 0 Å². The molecule has 0 bridgehead atoms. The molecule has 0 aromatic heterocycles. The average molecular weight is 206 g/mol. The second-order valence-electron chi connectivity index (χ2n) is 4.79. The number of nitrogens with zero attached hydrogens (tertiary/aromatic N) is 2. The van der Waals surface area contributed by atoms with Gasteiger partial charge in [-0.25, -0.2) is 0 Å². The Morgan fingerprint density at radius 3 is 2.40 bits per heavy atom. The highest BCUT2D eigenvalue weighted by Crippen LogP contribution is 2.30. The van der Waals surface area contributed by atoms with Crippen molar-refractivity contribution < 1.29 is 4.79 Å². The maximum atomic E-state index is 11.8. The van der Waals surface area contributed by atoms with E-state index in [4.69, 9.17) is 5.26 Å². The van der Waals surface area contributed by atoms with Gasteiger partial charge in [0.15, 0.2) is 0 Å². The van der Waals surface area contributed by atoms with Crippen molar-refractivity contribution in [1.29, 1.82) is 5.26 Å². The predicted octanol–water partition coefficient (Wildman–Crippen LogP) is 1.94. The fraction of sp³-hybridized carbons (Fsp3) is 0.833. The standard InChI is InChI=1S/C12H18N2O/c13-9-11-4-6-14(7-5-11)12(15)8-10-2-1-3-10/h10-11H,1-8H2. The van der Waals surface area contributed by atoms with Gasteiger partial charge in [-0.15, -0.1) is 0 Å². The number of carbonyl (C=O) groups excluding carboxylic acids is 1. The summed E-state index contributed by atoms with van der Waals surface area (Å²) in [7, 11) is 0. The van der Waals surface area contributed by atoms with Crippen molar-refractivity contribution in [1.82, 2.24) is 4.90 Å². The minimum Gasteiger partial charge on any atom is -0.343 e. The molecule has 3 nitrogen and oxygen atoms in total. The fourth-order valence-corrected chi connectivity index (χ4v) is 2.33. The fourth-order valence-electron chi connectivity index (χ4n) is 2.33. The molecule has 1 aliphatic heterocycles. The van der Waals surface area contributed by atoms with Crippen LogP contribution in [0.2, 0.25) is 0 Å². The van der Waals surface area contributed by atoms with E-state index in [1.807, 2.05) is 4.90 Å². The summed E-state index contributed by atoms with van der Waals surface area (Å²) in [5.41, 5.74) is 0. The van der Waals surface area contributed by atoms with Gasteiger partial charge in [0.2, 0.25) is 5.91 Å². The van der Waals surface area contributed by atoms with Gasteiger partial charge in [-0.05, 0) is 31.6 Å². The Morgan fingerprint density at radius 2 is 1.93 bits per heavy atom. The van der Waals surface area contributed by atoms with Gasteiger partial charge in [-0.3, -0.25) is 4.79 Å². The van der Waals surface area contributed by atoms with Gasteiger partial charge in [0.1, 0.15) is 0 Å². The number of carbonyl (C=O) groups is 1. The number of piperidine rings is 1. The summed E-state index contributed by atoms with van der Waals surface area (Å²) in [6.45, 7) is 1.59. The summed E-state index contributed by atoms with van der Waals surface area (Å²) in [5.74, 6) is 1.15. The molecule has 0 spiro atoms. The minimum atomic E-state index is 0.178. The van der Waals surface area contributed by atoms with E-state index >= 15 is 0 Å². The number of likely N-dealkylation sites (tertiary alicyclic amines) is 1. The monoisotopic (exact) mass is 206 g/mol. The van der Waals surface area contributed by atoms with Crippen LogP contribution in [-0.2, 0) is 4.79 Å². The van der Waals surface area contributed by atoms with Crippen molar-refractivity contribution in [3.8, 4) is 6.07 Å². The molecule has 1 saturated heterocycles. The van der Waals surface area contributed by atoms with Crippen molar-refractivity contribution in [3.05, 3.63) is 0 Å². The molecule has 15 heavy (non-hydrogen) atoms. The molecule has 1 saturated carbocycles. The third-order valence-corrected chi connectivity index (χ3v) is 3.72. The van der Waals surface area contributed by atoms with Gasteiger partial charge in [0.05, 0.1) is 6.07 Å². The summed E-state index contributed by atoms with van der Waals surface area (Å²) in [6.07, 6.45) is 6.26. The van der Waals surface area contributed by atoms with Gasteiger partial charge in [0.25, 0.3) is 0 Å². The van der Waals surface area contributed by atoms with E-state index in [0.717, 1.165) is 32.4 Å². The molecule has 1 amide bonds. The zero-order valence-corrected chi connectivity index (χ0v) is 9.11. The molecule has 3 heteroatoms. The SMILES string of the molecule is N#CC1CCN(C(=O)CC2CCC2)CC1. The number of nitriles is 1. The molecule has 0 unspecified atom stereocenters. The summed E-state index contributed by atoms with van der Waals surface area (Å²) >= 11 is 0. The Labute approximate surface area is 91.1 Å². The van der Waals surface area contributed by atoms with E-state index < -0.39 is 0 Å². The van der Waals surface area contributed by atoms with E-state index in [0.29, 0.717) is 11.8 Å². The molecule has 0 N–H and O–H groups in total. The lowest BCUT2D eigenvalue weighted by molar-refractivity contribution is -0.134.